The number of ketones is 1. The SMILES string of the molecule is CC(=O)C(Nc1ccc2c(C)nccc2c1)c1ccccc1. The zero-order valence-corrected chi connectivity index (χ0v) is 12.7. The van der Waals surface area contributed by atoms with Crippen LogP contribution in [0.25, 0.3) is 10.8 Å². The first-order chi connectivity index (χ1) is 10.6. The second-order valence-electron chi connectivity index (χ2n) is 5.43. The minimum Gasteiger partial charge on any atom is -0.372 e. The molecule has 0 saturated heterocycles. The van der Waals surface area contributed by atoms with E-state index in [1.165, 1.54) is 0 Å². The number of carbonyl (C=O) groups is 1. The Morgan fingerprint density at radius 1 is 1.09 bits per heavy atom. The van der Waals surface area contributed by atoms with Crippen LogP contribution in [0.2, 0.25) is 0 Å². The molecule has 0 radical (unpaired) electrons. The molecule has 22 heavy (non-hydrogen) atoms. The van der Waals surface area contributed by atoms with E-state index in [-0.39, 0.29) is 11.8 Å². The summed E-state index contributed by atoms with van der Waals surface area (Å²) in [4.78, 5) is 16.3. The smallest absolute Gasteiger partial charge is 0.156 e. The van der Waals surface area contributed by atoms with Crippen LogP contribution in [0, 0.1) is 6.92 Å². The third-order valence-corrected chi connectivity index (χ3v) is 3.81. The van der Waals surface area contributed by atoms with Crippen LogP contribution in [0.1, 0.15) is 24.2 Å². The van der Waals surface area contributed by atoms with E-state index in [9.17, 15) is 4.79 Å². The molecular weight excluding hydrogens is 272 g/mol. The Kier molecular flexibility index (Phi) is 3.88. The first-order valence-corrected chi connectivity index (χ1v) is 7.32. The lowest BCUT2D eigenvalue weighted by Crippen LogP contribution is -2.18. The summed E-state index contributed by atoms with van der Waals surface area (Å²) >= 11 is 0. The maximum absolute atomic E-state index is 12.0. The predicted octanol–water partition coefficient (Wildman–Crippen LogP) is 4.29. The van der Waals surface area contributed by atoms with Crippen LogP contribution in [-0.4, -0.2) is 10.8 Å². The fourth-order valence-electron chi connectivity index (χ4n) is 2.65. The molecule has 1 aromatic heterocycles. The number of aryl methyl sites for hydroxylation is 1. The van der Waals surface area contributed by atoms with E-state index in [1.54, 1.807) is 13.1 Å². The van der Waals surface area contributed by atoms with Crippen LogP contribution in [-0.2, 0) is 4.79 Å². The number of aromatic nitrogens is 1. The molecule has 1 heterocycles. The van der Waals surface area contributed by atoms with E-state index in [1.807, 2.05) is 55.5 Å². The number of fused-ring (bicyclic) bond motifs is 1. The number of carbonyl (C=O) groups excluding carboxylic acids is 1. The molecular formula is C19H18N2O. The zero-order valence-electron chi connectivity index (χ0n) is 12.7. The van der Waals surface area contributed by atoms with Crippen molar-refractivity contribution in [2.75, 3.05) is 5.32 Å². The van der Waals surface area contributed by atoms with Gasteiger partial charge in [0.25, 0.3) is 0 Å². The number of pyridine rings is 1. The lowest BCUT2D eigenvalue weighted by Gasteiger charge is -2.18. The molecule has 1 unspecified atom stereocenters. The average Bonchev–Trinajstić information content (AvgIpc) is 2.53. The molecule has 3 nitrogen and oxygen atoms in total. The molecule has 1 atom stereocenters. The van der Waals surface area contributed by atoms with Crippen molar-refractivity contribution < 1.29 is 4.79 Å². The molecule has 3 rings (SSSR count). The van der Waals surface area contributed by atoms with Gasteiger partial charge < -0.3 is 5.32 Å². The molecule has 0 bridgehead atoms. The normalized spacial score (nSPS) is 12.1. The summed E-state index contributed by atoms with van der Waals surface area (Å²) in [5.41, 5.74) is 2.92. The highest BCUT2D eigenvalue weighted by atomic mass is 16.1. The van der Waals surface area contributed by atoms with Crippen molar-refractivity contribution in [1.29, 1.82) is 0 Å². The van der Waals surface area contributed by atoms with Gasteiger partial charge in [-0.1, -0.05) is 36.4 Å². The van der Waals surface area contributed by atoms with E-state index < -0.39 is 0 Å². The van der Waals surface area contributed by atoms with Crippen LogP contribution in [0.15, 0.2) is 60.8 Å². The number of rotatable bonds is 4. The summed E-state index contributed by atoms with van der Waals surface area (Å²) in [6, 6.07) is 17.5. The van der Waals surface area contributed by atoms with E-state index in [0.29, 0.717) is 0 Å². The molecule has 0 aliphatic heterocycles. The van der Waals surface area contributed by atoms with Crippen LogP contribution < -0.4 is 5.32 Å². The molecule has 1 N–H and O–H groups in total. The molecule has 0 aliphatic carbocycles. The van der Waals surface area contributed by atoms with E-state index in [2.05, 4.69) is 16.4 Å². The number of nitrogens with one attached hydrogen (secondary N) is 1. The average molecular weight is 290 g/mol. The Balaban J connectivity index is 1.95. The molecule has 2 aromatic carbocycles. The van der Waals surface area contributed by atoms with Gasteiger partial charge in [0.15, 0.2) is 5.78 Å². The second kappa shape index (κ2) is 5.98. The summed E-state index contributed by atoms with van der Waals surface area (Å²) < 4.78 is 0. The number of anilines is 1. The van der Waals surface area contributed by atoms with Crippen LogP contribution in [0.4, 0.5) is 5.69 Å². The Morgan fingerprint density at radius 3 is 2.59 bits per heavy atom. The Bertz CT molecular complexity index is 812. The quantitative estimate of drug-likeness (QED) is 0.779. The van der Waals surface area contributed by atoms with E-state index >= 15 is 0 Å². The van der Waals surface area contributed by atoms with Crippen molar-refractivity contribution in [2.45, 2.75) is 19.9 Å². The fraction of sp³-hybridized carbons (Fsp3) is 0.158. The summed E-state index contributed by atoms with van der Waals surface area (Å²) in [6.45, 7) is 3.61. The maximum Gasteiger partial charge on any atom is 0.156 e. The summed E-state index contributed by atoms with van der Waals surface area (Å²) in [6.07, 6.45) is 1.81. The van der Waals surface area contributed by atoms with Crippen LogP contribution >= 0.6 is 0 Å². The Hall–Kier alpha value is -2.68. The maximum atomic E-state index is 12.0. The van der Waals surface area contributed by atoms with Gasteiger partial charge in [0.1, 0.15) is 6.04 Å². The minimum absolute atomic E-state index is 0.0946. The predicted molar refractivity (Wildman–Crippen MR) is 90.0 cm³/mol. The van der Waals surface area contributed by atoms with Gasteiger partial charge in [-0.2, -0.15) is 0 Å². The Labute approximate surface area is 130 Å². The number of benzene rings is 2. The summed E-state index contributed by atoms with van der Waals surface area (Å²) in [7, 11) is 0. The first-order valence-electron chi connectivity index (χ1n) is 7.32. The van der Waals surface area contributed by atoms with Gasteiger partial charge in [-0.25, -0.2) is 0 Å². The number of hydrogen-bond donors (Lipinski definition) is 1. The van der Waals surface area contributed by atoms with Gasteiger partial charge >= 0.3 is 0 Å². The van der Waals surface area contributed by atoms with Crippen molar-refractivity contribution in [3.8, 4) is 0 Å². The summed E-state index contributed by atoms with van der Waals surface area (Å²) in [5, 5.41) is 5.59. The third kappa shape index (κ3) is 2.84. The van der Waals surface area contributed by atoms with Crippen molar-refractivity contribution >= 4 is 22.2 Å². The van der Waals surface area contributed by atoms with Crippen molar-refractivity contribution in [2.24, 2.45) is 0 Å². The van der Waals surface area contributed by atoms with Gasteiger partial charge in [-0.05, 0) is 43.0 Å². The highest BCUT2D eigenvalue weighted by Gasteiger charge is 2.16. The third-order valence-electron chi connectivity index (χ3n) is 3.81. The highest BCUT2D eigenvalue weighted by molar-refractivity contribution is 5.89. The number of hydrogen-bond acceptors (Lipinski definition) is 3. The number of Topliss-reactive ketones (excluding diaryl/α,β-unsaturated/α-hetero) is 1. The lowest BCUT2D eigenvalue weighted by molar-refractivity contribution is -0.117. The molecule has 0 spiro atoms. The molecule has 0 aliphatic rings. The largest absolute Gasteiger partial charge is 0.372 e. The zero-order chi connectivity index (χ0) is 15.5. The molecule has 3 aromatic rings. The standard InChI is InChI=1S/C19H18N2O/c1-13-18-9-8-17(12-16(18)10-11-20-13)21-19(14(2)22)15-6-4-3-5-7-15/h3-12,19,21H,1-2H3. The molecule has 0 fully saturated rings. The molecule has 0 amide bonds. The molecule has 3 heteroatoms. The Morgan fingerprint density at radius 2 is 1.86 bits per heavy atom. The summed E-state index contributed by atoms with van der Waals surface area (Å²) in [5.74, 6) is 0.0946. The van der Waals surface area contributed by atoms with Gasteiger partial charge in [0.2, 0.25) is 0 Å². The fourth-order valence-corrected chi connectivity index (χ4v) is 2.65. The van der Waals surface area contributed by atoms with E-state index in [4.69, 9.17) is 0 Å². The van der Waals surface area contributed by atoms with Crippen molar-refractivity contribution in [3.05, 3.63) is 72.1 Å². The number of nitrogens with zero attached hydrogens (tertiary/aromatic N) is 1. The van der Waals surface area contributed by atoms with Gasteiger partial charge in [0.05, 0.1) is 0 Å². The first kappa shape index (κ1) is 14.3. The van der Waals surface area contributed by atoms with E-state index in [0.717, 1.165) is 27.7 Å². The lowest BCUT2D eigenvalue weighted by atomic mass is 10.0. The topological polar surface area (TPSA) is 42.0 Å². The minimum atomic E-state index is -0.332. The highest BCUT2D eigenvalue weighted by Crippen LogP contribution is 2.25. The van der Waals surface area contributed by atoms with Crippen molar-refractivity contribution in [3.63, 3.8) is 0 Å². The van der Waals surface area contributed by atoms with Crippen molar-refractivity contribution in [1.82, 2.24) is 4.98 Å². The monoisotopic (exact) mass is 290 g/mol. The molecule has 110 valence electrons. The van der Waals surface area contributed by atoms with Gasteiger partial charge in [-0.3, -0.25) is 9.78 Å². The van der Waals surface area contributed by atoms with Crippen LogP contribution in [0.3, 0.4) is 0 Å². The van der Waals surface area contributed by atoms with Gasteiger partial charge in [-0.15, -0.1) is 0 Å². The van der Waals surface area contributed by atoms with Crippen LogP contribution in [0.5, 0.6) is 0 Å². The molecule has 0 saturated carbocycles. The second-order valence-corrected chi connectivity index (χ2v) is 5.43. The van der Waals surface area contributed by atoms with Gasteiger partial charge in [0, 0.05) is 23.0 Å².